The van der Waals surface area contributed by atoms with E-state index >= 15 is 0 Å². The number of hydrogen-bond acceptors (Lipinski definition) is 2. The summed E-state index contributed by atoms with van der Waals surface area (Å²) in [5.74, 6) is -1.35. The van der Waals surface area contributed by atoms with Crippen LogP contribution in [0.3, 0.4) is 0 Å². The summed E-state index contributed by atoms with van der Waals surface area (Å²) in [4.78, 5) is 0. The van der Waals surface area contributed by atoms with Crippen molar-refractivity contribution in [1.29, 1.82) is 0 Å². The molecule has 1 aromatic heterocycles. The van der Waals surface area contributed by atoms with Crippen LogP contribution in [0.2, 0.25) is 0 Å². The zero-order valence-electron chi connectivity index (χ0n) is 11.8. The maximum atomic E-state index is 13.1. The highest BCUT2D eigenvalue weighted by Crippen LogP contribution is 2.23. The van der Waals surface area contributed by atoms with Crippen molar-refractivity contribution in [3.8, 4) is 0 Å². The number of rotatable bonds is 4. The molecule has 0 aliphatic heterocycles. The first-order valence-corrected chi connectivity index (χ1v) is 6.51. The van der Waals surface area contributed by atoms with Gasteiger partial charge < -0.3 is 5.11 Å². The summed E-state index contributed by atoms with van der Waals surface area (Å²) in [6.45, 7) is 3.88. The molecule has 0 radical (unpaired) electrons. The molecule has 0 aliphatic carbocycles. The summed E-state index contributed by atoms with van der Waals surface area (Å²) in [5, 5.41) is 14.4. The number of halogens is 2. The van der Waals surface area contributed by atoms with Gasteiger partial charge in [-0.1, -0.05) is 0 Å². The normalized spacial score (nSPS) is 12.7. The molecule has 1 heterocycles. The quantitative estimate of drug-likeness (QED) is 0.935. The fourth-order valence-electron chi connectivity index (χ4n) is 2.39. The molecule has 3 nitrogen and oxygen atoms in total. The highest BCUT2D eigenvalue weighted by molar-refractivity contribution is 5.25. The third kappa shape index (κ3) is 3.04. The minimum Gasteiger partial charge on any atom is -0.388 e. The van der Waals surface area contributed by atoms with Crippen LogP contribution in [0.1, 0.15) is 35.0 Å². The smallest absolute Gasteiger partial charge is 0.126 e. The number of nitrogens with zero attached hydrogens (tertiary/aromatic N) is 2. The molecule has 0 amide bonds. The number of aromatic nitrogens is 2. The molecule has 20 heavy (non-hydrogen) atoms. The first-order valence-electron chi connectivity index (χ1n) is 6.51. The fourth-order valence-corrected chi connectivity index (χ4v) is 2.39. The van der Waals surface area contributed by atoms with Gasteiger partial charge in [-0.25, -0.2) is 8.78 Å². The third-order valence-corrected chi connectivity index (χ3v) is 3.60. The van der Waals surface area contributed by atoms with Crippen molar-refractivity contribution in [2.75, 3.05) is 0 Å². The van der Waals surface area contributed by atoms with Crippen LogP contribution in [0.15, 0.2) is 18.2 Å². The van der Waals surface area contributed by atoms with Gasteiger partial charge in [0.15, 0.2) is 0 Å². The van der Waals surface area contributed by atoms with Crippen LogP contribution < -0.4 is 0 Å². The van der Waals surface area contributed by atoms with Gasteiger partial charge in [0, 0.05) is 18.8 Å². The summed E-state index contributed by atoms with van der Waals surface area (Å²) in [7, 11) is 1.87. The van der Waals surface area contributed by atoms with Gasteiger partial charge in [-0.05, 0) is 49.9 Å². The molecule has 5 heteroatoms. The molecule has 1 unspecified atom stereocenters. The number of aliphatic hydroxyl groups excluding tert-OH is 1. The summed E-state index contributed by atoms with van der Waals surface area (Å²) in [6, 6.07) is 3.12. The minimum absolute atomic E-state index is 0.265. The highest BCUT2D eigenvalue weighted by atomic mass is 19.1. The van der Waals surface area contributed by atoms with Crippen molar-refractivity contribution >= 4 is 0 Å². The Balaban J connectivity index is 2.10. The van der Waals surface area contributed by atoms with Crippen LogP contribution in [-0.4, -0.2) is 14.9 Å². The Bertz CT molecular complexity index is 602. The lowest BCUT2D eigenvalue weighted by molar-refractivity contribution is 0.167. The summed E-state index contributed by atoms with van der Waals surface area (Å²) >= 11 is 0. The summed E-state index contributed by atoms with van der Waals surface area (Å²) < 4.78 is 28.0. The molecule has 108 valence electrons. The molecule has 0 saturated carbocycles. The lowest BCUT2D eigenvalue weighted by Gasteiger charge is -2.11. The molecule has 2 rings (SSSR count). The van der Waals surface area contributed by atoms with Crippen LogP contribution in [0, 0.1) is 25.5 Å². The standard InChI is InChI=1S/C15H18F2N2O/c1-9-14(10(2)19(3)18-9)4-5-15(20)11-6-12(16)8-13(17)7-11/h6-8,15,20H,4-5H2,1-3H3. The number of benzene rings is 1. The molecule has 0 saturated heterocycles. The topological polar surface area (TPSA) is 38.0 Å². The van der Waals surface area contributed by atoms with Crippen LogP contribution in [0.4, 0.5) is 8.78 Å². The van der Waals surface area contributed by atoms with Gasteiger partial charge in [0.25, 0.3) is 0 Å². The molecular weight excluding hydrogens is 262 g/mol. The van der Waals surface area contributed by atoms with Crippen molar-refractivity contribution in [3.63, 3.8) is 0 Å². The maximum absolute atomic E-state index is 13.1. The van der Waals surface area contributed by atoms with E-state index < -0.39 is 17.7 Å². The number of aliphatic hydroxyl groups is 1. The van der Waals surface area contributed by atoms with Gasteiger partial charge >= 0.3 is 0 Å². The summed E-state index contributed by atoms with van der Waals surface area (Å²) in [6.07, 6.45) is 0.125. The number of aryl methyl sites for hydroxylation is 2. The molecule has 1 atom stereocenters. The van der Waals surface area contributed by atoms with Crippen molar-refractivity contribution in [2.45, 2.75) is 32.8 Å². The Morgan fingerprint density at radius 1 is 1.20 bits per heavy atom. The number of hydrogen-bond donors (Lipinski definition) is 1. The van der Waals surface area contributed by atoms with Gasteiger partial charge in [0.2, 0.25) is 0 Å². The molecule has 1 N–H and O–H groups in total. The van der Waals surface area contributed by atoms with Crippen molar-refractivity contribution in [3.05, 3.63) is 52.3 Å². The van der Waals surface area contributed by atoms with E-state index in [2.05, 4.69) is 5.10 Å². The second-order valence-corrected chi connectivity index (χ2v) is 5.03. The first-order chi connectivity index (χ1) is 9.38. The zero-order valence-corrected chi connectivity index (χ0v) is 11.8. The lowest BCUT2D eigenvalue weighted by atomic mass is 10.00. The molecule has 0 spiro atoms. The van der Waals surface area contributed by atoms with Crippen LogP contribution in [0.25, 0.3) is 0 Å². The predicted molar refractivity (Wildman–Crippen MR) is 72.3 cm³/mol. The van der Waals surface area contributed by atoms with Gasteiger partial charge in [-0.2, -0.15) is 5.10 Å². The highest BCUT2D eigenvalue weighted by Gasteiger charge is 2.14. The Morgan fingerprint density at radius 3 is 2.30 bits per heavy atom. The van der Waals surface area contributed by atoms with E-state index in [1.807, 2.05) is 20.9 Å². The van der Waals surface area contributed by atoms with Crippen molar-refractivity contribution < 1.29 is 13.9 Å². The van der Waals surface area contributed by atoms with Gasteiger partial charge in [0.1, 0.15) is 11.6 Å². The SMILES string of the molecule is Cc1nn(C)c(C)c1CCC(O)c1cc(F)cc(F)c1. The van der Waals surface area contributed by atoms with Crippen LogP contribution in [0.5, 0.6) is 0 Å². The third-order valence-electron chi connectivity index (χ3n) is 3.60. The largest absolute Gasteiger partial charge is 0.388 e. The average Bonchev–Trinajstić information content (AvgIpc) is 2.60. The molecule has 0 fully saturated rings. The molecule has 0 bridgehead atoms. The van der Waals surface area contributed by atoms with E-state index in [4.69, 9.17) is 0 Å². The van der Waals surface area contributed by atoms with Crippen LogP contribution in [-0.2, 0) is 13.5 Å². The van der Waals surface area contributed by atoms with Crippen molar-refractivity contribution in [2.24, 2.45) is 7.05 Å². The fraction of sp³-hybridized carbons (Fsp3) is 0.400. The zero-order chi connectivity index (χ0) is 14.9. The molecule has 2 aromatic rings. The molecule has 0 aliphatic rings. The minimum atomic E-state index is -0.890. The monoisotopic (exact) mass is 280 g/mol. The molecule has 1 aromatic carbocycles. The second-order valence-electron chi connectivity index (χ2n) is 5.03. The maximum Gasteiger partial charge on any atom is 0.126 e. The van der Waals surface area contributed by atoms with E-state index in [0.29, 0.717) is 12.8 Å². The Morgan fingerprint density at radius 2 is 1.80 bits per heavy atom. The summed E-state index contributed by atoms with van der Waals surface area (Å²) in [5.41, 5.74) is 3.30. The van der Waals surface area contributed by atoms with Crippen LogP contribution >= 0.6 is 0 Å². The van der Waals surface area contributed by atoms with E-state index in [-0.39, 0.29) is 5.56 Å². The molecular formula is C15H18F2N2O. The van der Waals surface area contributed by atoms with Gasteiger partial charge in [-0.15, -0.1) is 0 Å². The predicted octanol–water partition coefficient (Wildman–Crippen LogP) is 2.98. The van der Waals surface area contributed by atoms with E-state index in [1.165, 1.54) is 0 Å². The first kappa shape index (κ1) is 14.7. The Hall–Kier alpha value is -1.75. The lowest BCUT2D eigenvalue weighted by Crippen LogP contribution is -2.02. The van der Waals surface area contributed by atoms with Gasteiger partial charge in [0.05, 0.1) is 11.8 Å². The Kier molecular flexibility index (Phi) is 4.18. The van der Waals surface area contributed by atoms with E-state index in [9.17, 15) is 13.9 Å². The second kappa shape index (κ2) is 5.71. The average molecular weight is 280 g/mol. The van der Waals surface area contributed by atoms with Crippen molar-refractivity contribution in [1.82, 2.24) is 9.78 Å². The Labute approximate surface area is 116 Å². The van der Waals surface area contributed by atoms with E-state index in [1.54, 1.807) is 4.68 Å². The van der Waals surface area contributed by atoms with E-state index in [0.717, 1.165) is 35.2 Å². The van der Waals surface area contributed by atoms with Gasteiger partial charge in [-0.3, -0.25) is 4.68 Å².